The fraction of sp³-hybridized carbons (Fsp3) is 0.350. The summed E-state index contributed by atoms with van der Waals surface area (Å²) in [5, 5.41) is 7.66. The molecular formula is C20H22Cl2N2O2. The molecule has 0 bridgehead atoms. The molecule has 4 nitrogen and oxygen atoms in total. The molecule has 1 aliphatic carbocycles. The van der Waals surface area contributed by atoms with Gasteiger partial charge in [-0.2, -0.15) is 0 Å². The van der Waals surface area contributed by atoms with E-state index < -0.39 is 0 Å². The molecule has 3 rings (SSSR count). The molecule has 0 heterocycles. The Balaban J connectivity index is 1.93. The maximum absolute atomic E-state index is 11.4. The van der Waals surface area contributed by atoms with Gasteiger partial charge < -0.3 is 15.4 Å². The second kappa shape index (κ2) is 8.30. The molecule has 0 radical (unpaired) electrons. The van der Waals surface area contributed by atoms with E-state index in [0.717, 1.165) is 18.5 Å². The van der Waals surface area contributed by atoms with Crippen molar-refractivity contribution in [2.24, 2.45) is 0 Å². The smallest absolute Gasteiger partial charge is 0.325 e. The summed E-state index contributed by atoms with van der Waals surface area (Å²) in [6.45, 7) is 0.149. The first-order chi connectivity index (χ1) is 12.5. The Morgan fingerprint density at radius 1 is 1.12 bits per heavy atom. The van der Waals surface area contributed by atoms with E-state index in [1.54, 1.807) is 0 Å². The van der Waals surface area contributed by atoms with Crippen LogP contribution >= 0.6 is 23.2 Å². The van der Waals surface area contributed by atoms with E-state index >= 15 is 0 Å². The first-order valence-electron chi connectivity index (χ1n) is 8.60. The molecule has 0 unspecified atom stereocenters. The normalized spacial score (nSPS) is 18.9. The molecule has 0 aliphatic heterocycles. The zero-order valence-corrected chi connectivity index (χ0v) is 16.3. The van der Waals surface area contributed by atoms with Crippen molar-refractivity contribution in [1.82, 2.24) is 5.32 Å². The van der Waals surface area contributed by atoms with Crippen LogP contribution in [0.2, 0.25) is 10.0 Å². The van der Waals surface area contributed by atoms with Gasteiger partial charge in [-0.3, -0.25) is 4.79 Å². The van der Waals surface area contributed by atoms with Crippen LogP contribution in [-0.2, 0) is 9.53 Å². The maximum atomic E-state index is 11.4. The lowest BCUT2D eigenvalue weighted by atomic mass is 9.76. The van der Waals surface area contributed by atoms with Gasteiger partial charge in [-0.25, -0.2) is 0 Å². The SMILES string of the molecule is CN[C@H]1CC[C@@H](c2ccc(Cl)c(Cl)c2)c2ccc(NCC(=O)OC)cc21. The van der Waals surface area contributed by atoms with E-state index in [1.165, 1.54) is 23.8 Å². The fourth-order valence-electron chi connectivity index (χ4n) is 3.57. The summed E-state index contributed by atoms with van der Waals surface area (Å²) in [5.41, 5.74) is 4.59. The molecule has 138 valence electrons. The van der Waals surface area contributed by atoms with Crippen LogP contribution in [0.25, 0.3) is 0 Å². The van der Waals surface area contributed by atoms with Crippen molar-refractivity contribution in [3.8, 4) is 0 Å². The Morgan fingerprint density at radius 3 is 2.62 bits per heavy atom. The van der Waals surface area contributed by atoms with Crippen molar-refractivity contribution in [2.75, 3.05) is 26.0 Å². The van der Waals surface area contributed by atoms with E-state index in [-0.39, 0.29) is 24.5 Å². The zero-order chi connectivity index (χ0) is 18.7. The molecule has 2 atom stereocenters. The maximum Gasteiger partial charge on any atom is 0.325 e. The number of ether oxygens (including phenoxy) is 1. The van der Waals surface area contributed by atoms with Gasteiger partial charge in [0.25, 0.3) is 0 Å². The van der Waals surface area contributed by atoms with Gasteiger partial charge in [-0.05, 0) is 60.8 Å². The van der Waals surface area contributed by atoms with Crippen LogP contribution in [0.3, 0.4) is 0 Å². The number of hydrogen-bond acceptors (Lipinski definition) is 4. The number of carbonyl (C=O) groups excluding carboxylic acids is 1. The van der Waals surface area contributed by atoms with Gasteiger partial charge >= 0.3 is 5.97 Å². The number of benzene rings is 2. The Bertz CT molecular complexity index is 810. The molecule has 2 N–H and O–H groups in total. The lowest BCUT2D eigenvalue weighted by molar-refractivity contribution is -0.138. The summed E-state index contributed by atoms with van der Waals surface area (Å²) in [5.74, 6) is -0.0133. The molecule has 1 aliphatic rings. The Morgan fingerprint density at radius 2 is 1.92 bits per heavy atom. The standard InChI is InChI=1S/C20H22Cl2N2O2/c1-23-19-8-6-14(12-3-7-17(21)18(22)9-12)15-5-4-13(10-16(15)19)24-11-20(25)26-2/h3-5,7,9-10,14,19,23-24H,6,8,11H2,1-2H3/t14-,19-/m0/s1. The van der Waals surface area contributed by atoms with Crippen molar-refractivity contribution >= 4 is 34.9 Å². The van der Waals surface area contributed by atoms with Crippen LogP contribution in [0.4, 0.5) is 5.69 Å². The van der Waals surface area contributed by atoms with Gasteiger partial charge in [0, 0.05) is 17.6 Å². The molecule has 0 saturated heterocycles. The molecule has 2 aromatic rings. The van der Waals surface area contributed by atoms with E-state index in [0.29, 0.717) is 10.0 Å². The van der Waals surface area contributed by atoms with Crippen molar-refractivity contribution in [2.45, 2.75) is 24.8 Å². The highest BCUT2D eigenvalue weighted by Gasteiger charge is 2.28. The summed E-state index contributed by atoms with van der Waals surface area (Å²) < 4.78 is 4.69. The van der Waals surface area contributed by atoms with Gasteiger partial charge in [0.15, 0.2) is 0 Å². The van der Waals surface area contributed by atoms with Crippen LogP contribution in [-0.4, -0.2) is 26.7 Å². The van der Waals surface area contributed by atoms with Gasteiger partial charge in [0.05, 0.1) is 17.2 Å². The highest BCUT2D eigenvalue weighted by molar-refractivity contribution is 6.42. The van der Waals surface area contributed by atoms with E-state index in [9.17, 15) is 4.79 Å². The molecule has 2 aromatic carbocycles. The Hall–Kier alpha value is -1.75. The molecule has 0 fully saturated rings. The quantitative estimate of drug-likeness (QED) is 0.719. The summed E-state index contributed by atoms with van der Waals surface area (Å²) in [6.07, 6.45) is 2.06. The van der Waals surface area contributed by atoms with Gasteiger partial charge in [0.2, 0.25) is 0 Å². The zero-order valence-electron chi connectivity index (χ0n) is 14.8. The topological polar surface area (TPSA) is 50.4 Å². The molecule has 0 saturated carbocycles. The van der Waals surface area contributed by atoms with Crippen molar-refractivity contribution in [1.29, 1.82) is 0 Å². The van der Waals surface area contributed by atoms with Crippen LogP contribution < -0.4 is 10.6 Å². The first kappa shape index (κ1) is 19.0. The van der Waals surface area contributed by atoms with Crippen LogP contribution in [0.5, 0.6) is 0 Å². The Labute approximate surface area is 163 Å². The van der Waals surface area contributed by atoms with E-state index in [4.69, 9.17) is 23.2 Å². The summed E-state index contributed by atoms with van der Waals surface area (Å²) in [6, 6.07) is 12.4. The van der Waals surface area contributed by atoms with Crippen molar-refractivity contribution in [3.63, 3.8) is 0 Å². The number of anilines is 1. The van der Waals surface area contributed by atoms with Crippen LogP contribution in [0.15, 0.2) is 36.4 Å². The third-order valence-electron chi connectivity index (χ3n) is 4.94. The largest absolute Gasteiger partial charge is 0.468 e. The number of carbonyl (C=O) groups is 1. The fourth-order valence-corrected chi connectivity index (χ4v) is 3.88. The number of nitrogens with one attached hydrogen (secondary N) is 2. The van der Waals surface area contributed by atoms with Gasteiger partial charge in [0.1, 0.15) is 6.54 Å². The second-order valence-corrected chi connectivity index (χ2v) is 7.23. The number of halogens is 2. The van der Waals surface area contributed by atoms with Crippen molar-refractivity contribution in [3.05, 3.63) is 63.1 Å². The van der Waals surface area contributed by atoms with Gasteiger partial charge in [-0.1, -0.05) is 35.3 Å². The van der Waals surface area contributed by atoms with E-state index in [2.05, 4.69) is 27.5 Å². The minimum atomic E-state index is -0.290. The average molecular weight is 393 g/mol. The number of methoxy groups -OCH3 is 1. The molecular weight excluding hydrogens is 371 g/mol. The van der Waals surface area contributed by atoms with E-state index in [1.807, 2.05) is 31.3 Å². The average Bonchev–Trinajstić information content (AvgIpc) is 2.67. The van der Waals surface area contributed by atoms with Crippen molar-refractivity contribution < 1.29 is 9.53 Å². The lowest BCUT2D eigenvalue weighted by Crippen LogP contribution is -2.24. The predicted molar refractivity (Wildman–Crippen MR) is 106 cm³/mol. The lowest BCUT2D eigenvalue weighted by Gasteiger charge is -2.32. The van der Waals surface area contributed by atoms with Gasteiger partial charge in [-0.15, -0.1) is 0 Å². The molecule has 26 heavy (non-hydrogen) atoms. The van der Waals surface area contributed by atoms with Crippen LogP contribution in [0, 0.1) is 0 Å². The number of esters is 1. The minimum Gasteiger partial charge on any atom is -0.468 e. The summed E-state index contributed by atoms with van der Waals surface area (Å²) in [4.78, 5) is 11.4. The molecule has 0 spiro atoms. The Kier molecular flexibility index (Phi) is 6.07. The third kappa shape index (κ3) is 3.98. The summed E-state index contributed by atoms with van der Waals surface area (Å²) in [7, 11) is 3.36. The number of fused-ring (bicyclic) bond motifs is 1. The molecule has 0 aromatic heterocycles. The molecule has 6 heteroatoms. The molecule has 0 amide bonds. The number of hydrogen-bond donors (Lipinski definition) is 2. The second-order valence-electron chi connectivity index (χ2n) is 6.42. The minimum absolute atomic E-state index is 0.149. The first-order valence-corrected chi connectivity index (χ1v) is 9.35. The number of rotatable bonds is 5. The third-order valence-corrected chi connectivity index (χ3v) is 5.68. The predicted octanol–water partition coefficient (Wildman–Crippen LogP) is 4.76. The monoisotopic (exact) mass is 392 g/mol. The highest BCUT2D eigenvalue weighted by Crippen LogP contribution is 2.43. The van der Waals surface area contributed by atoms with Crippen LogP contribution in [0.1, 0.15) is 41.5 Å². The highest BCUT2D eigenvalue weighted by atomic mass is 35.5. The summed E-state index contributed by atoms with van der Waals surface area (Å²) >= 11 is 12.3.